The number of benzene rings is 1. The summed E-state index contributed by atoms with van der Waals surface area (Å²) < 4.78 is 1.06. The number of fused-ring (bicyclic) bond motifs is 1. The van der Waals surface area contributed by atoms with Gasteiger partial charge < -0.3 is 5.11 Å². The molecule has 15 heavy (non-hydrogen) atoms. The largest absolute Gasteiger partial charge is 0.506 e. The highest BCUT2D eigenvalue weighted by atomic mass is 32.1. The average molecular weight is 221 g/mol. The molecule has 1 N–H and O–H groups in total. The highest BCUT2D eigenvalue weighted by Crippen LogP contribution is 2.31. The summed E-state index contributed by atoms with van der Waals surface area (Å²) in [6.07, 6.45) is 0.950. The zero-order valence-corrected chi connectivity index (χ0v) is 10.1. The quantitative estimate of drug-likeness (QED) is 0.798. The van der Waals surface area contributed by atoms with E-state index in [2.05, 4.69) is 25.8 Å². The Morgan fingerprint density at radius 1 is 1.33 bits per heavy atom. The number of phenolic OH excluding ortho intramolecular Hbond substituents is 1. The SMILES string of the molecule is CC(C)(C)Cc1nc2c(O)cccc2s1. The van der Waals surface area contributed by atoms with Gasteiger partial charge in [0.1, 0.15) is 11.3 Å². The zero-order valence-electron chi connectivity index (χ0n) is 9.24. The van der Waals surface area contributed by atoms with Crippen molar-refractivity contribution in [2.75, 3.05) is 0 Å². The molecule has 0 bridgehead atoms. The Hall–Kier alpha value is -1.09. The summed E-state index contributed by atoms with van der Waals surface area (Å²) in [5, 5.41) is 10.7. The number of aromatic nitrogens is 1. The van der Waals surface area contributed by atoms with E-state index in [1.165, 1.54) is 0 Å². The second-order valence-corrected chi connectivity index (χ2v) is 6.08. The van der Waals surface area contributed by atoms with Gasteiger partial charge >= 0.3 is 0 Å². The molecule has 0 fully saturated rings. The van der Waals surface area contributed by atoms with Gasteiger partial charge in [0.2, 0.25) is 0 Å². The number of nitrogens with zero attached hydrogens (tertiary/aromatic N) is 1. The predicted molar refractivity (Wildman–Crippen MR) is 64.4 cm³/mol. The third-order valence-corrected chi connectivity index (χ3v) is 3.14. The van der Waals surface area contributed by atoms with Crippen molar-refractivity contribution in [2.45, 2.75) is 27.2 Å². The van der Waals surface area contributed by atoms with Gasteiger partial charge in [-0.15, -0.1) is 11.3 Å². The van der Waals surface area contributed by atoms with Crippen molar-refractivity contribution < 1.29 is 5.11 Å². The smallest absolute Gasteiger partial charge is 0.142 e. The van der Waals surface area contributed by atoms with Crippen LogP contribution >= 0.6 is 11.3 Å². The molecule has 1 heterocycles. The molecule has 3 heteroatoms. The molecule has 0 saturated heterocycles. The van der Waals surface area contributed by atoms with Crippen LogP contribution in [0.25, 0.3) is 10.2 Å². The molecule has 80 valence electrons. The third kappa shape index (κ3) is 2.29. The van der Waals surface area contributed by atoms with E-state index in [4.69, 9.17) is 0 Å². The molecule has 2 nitrogen and oxygen atoms in total. The normalized spacial score (nSPS) is 12.2. The number of phenols is 1. The Morgan fingerprint density at radius 2 is 2.07 bits per heavy atom. The Balaban J connectivity index is 2.44. The minimum atomic E-state index is 0.240. The van der Waals surface area contributed by atoms with E-state index in [0.717, 1.165) is 21.6 Å². The Kier molecular flexibility index (Phi) is 2.43. The van der Waals surface area contributed by atoms with E-state index in [1.807, 2.05) is 12.1 Å². The van der Waals surface area contributed by atoms with E-state index < -0.39 is 0 Å². The lowest BCUT2D eigenvalue weighted by molar-refractivity contribution is 0.410. The summed E-state index contributed by atoms with van der Waals surface area (Å²) in [6, 6.07) is 5.54. The molecule has 0 aliphatic heterocycles. The Labute approximate surface area is 93.6 Å². The molecule has 0 atom stereocenters. The molecule has 1 aromatic heterocycles. The van der Waals surface area contributed by atoms with Crippen LogP contribution in [0, 0.1) is 5.41 Å². The highest BCUT2D eigenvalue weighted by molar-refractivity contribution is 7.18. The zero-order chi connectivity index (χ0) is 11.1. The van der Waals surface area contributed by atoms with Crippen molar-refractivity contribution in [3.63, 3.8) is 0 Å². The van der Waals surface area contributed by atoms with Crippen molar-refractivity contribution in [2.24, 2.45) is 5.41 Å². The topological polar surface area (TPSA) is 33.1 Å². The van der Waals surface area contributed by atoms with Crippen molar-refractivity contribution in [3.8, 4) is 5.75 Å². The van der Waals surface area contributed by atoms with Crippen molar-refractivity contribution in [1.29, 1.82) is 0 Å². The van der Waals surface area contributed by atoms with E-state index in [0.29, 0.717) is 0 Å². The fraction of sp³-hybridized carbons (Fsp3) is 0.417. The molecule has 0 aliphatic rings. The fourth-order valence-electron chi connectivity index (χ4n) is 1.51. The lowest BCUT2D eigenvalue weighted by Crippen LogP contribution is -2.08. The Bertz CT molecular complexity index is 482. The average Bonchev–Trinajstić information content (AvgIpc) is 2.45. The van der Waals surface area contributed by atoms with E-state index >= 15 is 0 Å². The summed E-state index contributed by atoms with van der Waals surface area (Å²) in [6.45, 7) is 6.58. The van der Waals surface area contributed by atoms with Gasteiger partial charge in [-0.2, -0.15) is 0 Å². The molecule has 0 unspecified atom stereocenters. The van der Waals surface area contributed by atoms with Gasteiger partial charge in [-0.25, -0.2) is 4.98 Å². The Morgan fingerprint density at radius 3 is 2.67 bits per heavy atom. The maximum absolute atomic E-state index is 9.63. The van der Waals surface area contributed by atoms with Crippen molar-refractivity contribution in [1.82, 2.24) is 4.98 Å². The first-order chi connectivity index (χ1) is 6.96. The maximum Gasteiger partial charge on any atom is 0.142 e. The first-order valence-electron chi connectivity index (χ1n) is 5.03. The van der Waals surface area contributed by atoms with Crippen LogP contribution in [-0.2, 0) is 6.42 Å². The summed E-state index contributed by atoms with van der Waals surface area (Å²) >= 11 is 1.67. The molecule has 0 radical (unpaired) electrons. The molecule has 0 saturated carbocycles. The molecule has 0 aliphatic carbocycles. The summed E-state index contributed by atoms with van der Waals surface area (Å²) in [5.41, 5.74) is 0.977. The molecule has 1 aromatic carbocycles. The van der Waals surface area contributed by atoms with Crippen LogP contribution in [0.1, 0.15) is 25.8 Å². The second kappa shape index (κ2) is 3.49. The minimum absolute atomic E-state index is 0.240. The van der Waals surface area contributed by atoms with Crippen LogP contribution in [0.5, 0.6) is 5.75 Å². The number of hydrogen-bond acceptors (Lipinski definition) is 3. The van der Waals surface area contributed by atoms with Gasteiger partial charge in [-0.05, 0) is 17.5 Å². The lowest BCUT2D eigenvalue weighted by Gasteiger charge is -2.15. The van der Waals surface area contributed by atoms with Gasteiger partial charge in [-0.3, -0.25) is 0 Å². The number of aromatic hydroxyl groups is 1. The number of rotatable bonds is 1. The summed E-state index contributed by atoms with van der Waals surface area (Å²) in [7, 11) is 0. The van der Waals surface area contributed by atoms with Gasteiger partial charge in [0.25, 0.3) is 0 Å². The van der Waals surface area contributed by atoms with Gasteiger partial charge in [0, 0.05) is 6.42 Å². The first-order valence-corrected chi connectivity index (χ1v) is 5.85. The minimum Gasteiger partial charge on any atom is -0.506 e. The van der Waals surface area contributed by atoms with Crippen LogP contribution in [-0.4, -0.2) is 10.1 Å². The summed E-state index contributed by atoms with van der Waals surface area (Å²) in [4.78, 5) is 4.47. The molecular weight excluding hydrogens is 206 g/mol. The van der Waals surface area contributed by atoms with E-state index in [9.17, 15) is 5.11 Å². The van der Waals surface area contributed by atoms with E-state index in [-0.39, 0.29) is 11.2 Å². The van der Waals surface area contributed by atoms with Crippen molar-refractivity contribution >= 4 is 21.6 Å². The molecule has 2 aromatic rings. The van der Waals surface area contributed by atoms with E-state index in [1.54, 1.807) is 17.4 Å². The van der Waals surface area contributed by atoms with Gasteiger partial charge in [0.05, 0.1) is 9.71 Å². The molecule has 0 amide bonds. The standard InChI is InChI=1S/C12H15NOS/c1-12(2,3)7-10-13-11-8(14)5-4-6-9(11)15-10/h4-6,14H,7H2,1-3H3. The van der Waals surface area contributed by atoms with Crippen LogP contribution in [0.15, 0.2) is 18.2 Å². The third-order valence-electron chi connectivity index (χ3n) is 2.12. The van der Waals surface area contributed by atoms with Crippen molar-refractivity contribution in [3.05, 3.63) is 23.2 Å². The van der Waals surface area contributed by atoms with Crippen LogP contribution in [0.4, 0.5) is 0 Å². The van der Waals surface area contributed by atoms with Crippen LogP contribution in [0.3, 0.4) is 0 Å². The number of hydrogen-bond donors (Lipinski definition) is 1. The molecular formula is C12H15NOS. The van der Waals surface area contributed by atoms with Gasteiger partial charge in [-0.1, -0.05) is 26.8 Å². The predicted octanol–water partition coefficient (Wildman–Crippen LogP) is 3.59. The monoisotopic (exact) mass is 221 g/mol. The molecule has 0 spiro atoms. The first kappa shape index (κ1) is 10.4. The van der Waals surface area contributed by atoms with Crippen LogP contribution in [0.2, 0.25) is 0 Å². The lowest BCUT2D eigenvalue weighted by atomic mass is 9.93. The highest BCUT2D eigenvalue weighted by Gasteiger charge is 2.15. The summed E-state index contributed by atoms with van der Waals surface area (Å²) in [5.74, 6) is 0.281. The second-order valence-electron chi connectivity index (χ2n) is 4.97. The van der Waals surface area contributed by atoms with Crippen LogP contribution < -0.4 is 0 Å². The number of para-hydroxylation sites is 1. The van der Waals surface area contributed by atoms with Gasteiger partial charge in [0.15, 0.2) is 0 Å². The molecule has 2 rings (SSSR count). The number of thiazole rings is 1. The fourth-order valence-corrected chi connectivity index (χ4v) is 2.80. The maximum atomic E-state index is 9.63.